The van der Waals surface area contributed by atoms with E-state index in [-0.39, 0.29) is 12.1 Å². The van der Waals surface area contributed by atoms with Crippen LogP contribution in [-0.4, -0.2) is 48.3 Å². The van der Waals surface area contributed by atoms with Crippen molar-refractivity contribution in [2.75, 3.05) is 26.8 Å². The fraction of sp³-hybridized carbons (Fsp3) is 1.00. The molecule has 0 spiro atoms. The van der Waals surface area contributed by atoms with Gasteiger partial charge in [-0.3, -0.25) is 0 Å². The molecule has 2 aliphatic heterocycles. The summed E-state index contributed by atoms with van der Waals surface area (Å²) in [5.74, 6) is 0. The zero-order valence-electron chi connectivity index (χ0n) is 8.00. The van der Waals surface area contributed by atoms with Crippen LogP contribution in [-0.2, 0) is 4.84 Å². The molecule has 0 aromatic heterocycles. The van der Waals surface area contributed by atoms with Gasteiger partial charge in [0.15, 0.2) is 11.7 Å². The Bertz CT molecular complexity index is 194. The Labute approximate surface area is 77.6 Å². The molecule has 0 bridgehead atoms. The fourth-order valence-electron chi connectivity index (χ4n) is 3.09. The number of hydroxylamine groups is 3. The smallest absolute Gasteiger partial charge is 0.158 e. The maximum Gasteiger partial charge on any atom is 0.158 e. The molecule has 2 aliphatic rings. The molecule has 2 fully saturated rings. The van der Waals surface area contributed by atoms with Crippen molar-refractivity contribution in [3.63, 3.8) is 0 Å². The van der Waals surface area contributed by atoms with Gasteiger partial charge in [0.25, 0.3) is 0 Å². The van der Waals surface area contributed by atoms with Crippen LogP contribution >= 0.6 is 0 Å². The summed E-state index contributed by atoms with van der Waals surface area (Å²) < 4.78 is 13.6. The van der Waals surface area contributed by atoms with E-state index in [1.165, 1.54) is 0 Å². The average Bonchev–Trinajstić information content (AvgIpc) is 2.56. The largest absolute Gasteiger partial charge is 0.390 e. The summed E-state index contributed by atoms with van der Waals surface area (Å²) in [6.07, 6.45) is 1.56. The van der Waals surface area contributed by atoms with Crippen LogP contribution in [0.2, 0.25) is 0 Å². The lowest BCUT2D eigenvalue weighted by molar-refractivity contribution is -1.12. The van der Waals surface area contributed by atoms with Gasteiger partial charge in [0.05, 0.1) is 7.11 Å². The molecular weight excluding hydrogens is 173 g/mol. The molecule has 3 atom stereocenters. The van der Waals surface area contributed by atoms with Gasteiger partial charge in [-0.1, -0.05) is 0 Å². The van der Waals surface area contributed by atoms with Crippen LogP contribution in [0.15, 0.2) is 0 Å². The third-order valence-corrected chi connectivity index (χ3v) is 3.76. The third-order valence-electron chi connectivity index (χ3n) is 3.76. The highest BCUT2D eigenvalue weighted by Crippen LogP contribution is 2.46. The predicted molar refractivity (Wildman–Crippen MR) is 45.6 cm³/mol. The summed E-state index contributed by atoms with van der Waals surface area (Å²) in [5.41, 5.74) is -0.339. The Kier molecular flexibility index (Phi) is 2.09. The van der Waals surface area contributed by atoms with E-state index in [0.29, 0.717) is 17.6 Å². The van der Waals surface area contributed by atoms with Crippen LogP contribution < -0.4 is 0 Å². The number of alkyl halides is 1. The minimum Gasteiger partial charge on any atom is -0.390 e. The molecule has 3 nitrogen and oxygen atoms in total. The molecule has 0 radical (unpaired) electrons. The van der Waals surface area contributed by atoms with Crippen molar-refractivity contribution in [1.82, 2.24) is 0 Å². The molecule has 0 aromatic rings. The quantitative estimate of drug-likeness (QED) is 0.647. The highest BCUT2D eigenvalue weighted by molar-refractivity contribution is 4.92. The first-order valence-electron chi connectivity index (χ1n) is 4.86. The van der Waals surface area contributed by atoms with Gasteiger partial charge in [-0.15, -0.1) is 0 Å². The van der Waals surface area contributed by atoms with Gasteiger partial charge >= 0.3 is 0 Å². The molecule has 0 aliphatic carbocycles. The lowest BCUT2D eigenvalue weighted by Gasteiger charge is -2.38. The lowest BCUT2D eigenvalue weighted by atomic mass is 9.95. The summed E-state index contributed by atoms with van der Waals surface area (Å²) in [6.45, 7) is 1.30. The average molecular weight is 190 g/mol. The number of nitrogens with zero attached hydrogens (tertiary/aromatic N) is 1. The van der Waals surface area contributed by atoms with Gasteiger partial charge in [-0.2, -0.15) is 4.65 Å². The molecule has 3 unspecified atom stereocenters. The Hall–Kier alpha value is -0.190. The van der Waals surface area contributed by atoms with Crippen molar-refractivity contribution in [3.8, 4) is 0 Å². The number of hydrogen-bond donors (Lipinski definition) is 1. The molecule has 13 heavy (non-hydrogen) atoms. The zero-order chi connectivity index (χ0) is 9.53. The van der Waals surface area contributed by atoms with E-state index in [2.05, 4.69) is 0 Å². The summed E-state index contributed by atoms with van der Waals surface area (Å²) >= 11 is 0. The summed E-state index contributed by atoms with van der Waals surface area (Å²) in [4.78, 5) is 5.42. The third kappa shape index (κ3) is 1.06. The van der Waals surface area contributed by atoms with Gasteiger partial charge in [0.2, 0.25) is 0 Å². The molecule has 0 amide bonds. The van der Waals surface area contributed by atoms with Gasteiger partial charge in [0.1, 0.15) is 19.7 Å². The fourth-order valence-corrected chi connectivity index (χ4v) is 3.09. The Balaban J connectivity index is 2.30. The standard InChI is InChI=1S/C9H17FNO2/c1-13-11-4-2-3-9(11,7-12)5-8(10)6-11/h8,12H,2-7H2,1H3/q+1. The van der Waals surface area contributed by atoms with Crippen LogP contribution in [0, 0.1) is 0 Å². The van der Waals surface area contributed by atoms with Gasteiger partial charge in [-0.25, -0.2) is 9.23 Å². The van der Waals surface area contributed by atoms with E-state index in [9.17, 15) is 9.50 Å². The molecular formula is C9H17FNO2+. The number of halogens is 1. The maximum absolute atomic E-state index is 13.3. The molecule has 0 aromatic carbocycles. The first kappa shape index (κ1) is 9.37. The monoisotopic (exact) mass is 190 g/mol. The molecule has 1 N–H and O–H groups in total. The first-order valence-corrected chi connectivity index (χ1v) is 4.86. The van der Waals surface area contributed by atoms with Gasteiger partial charge in [-0.05, 0) is 0 Å². The zero-order valence-corrected chi connectivity index (χ0v) is 8.00. The summed E-state index contributed by atoms with van der Waals surface area (Å²) in [6, 6.07) is 0. The van der Waals surface area contributed by atoms with Crippen molar-refractivity contribution in [3.05, 3.63) is 0 Å². The van der Waals surface area contributed by atoms with Gasteiger partial charge < -0.3 is 5.11 Å². The van der Waals surface area contributed by atoms with E-state index in [4.69, 9.17) is 4.84 Å². The Morgan fingerprint density at radius 3 is 3.00 bits per heavy atom. The number of hydrogen-bond acceptors (Lipinski definition) is 2. The molecule has 76 valence electrons. The second-order valence-corrected chi connectivity index (χ2v) is 4.27. The number of aliphatic hydroxyl groups excluding tert-OH is 1. The maximum atomic E-state index is 13.3. The van der Waals surface area contributed by atoms with Crippen molar-refractivity contribution >= 4 is 0 Å². The van der Waals surface area contributed by atoms with Crippen LogP contribution in [0.25, 0.3) is 0 Å². The molecule has 4 heteroatoms. The minimum atomic E-state index is -0.813. The van der Waals surface area contributed by atoms with E-state index >= 15 is 0 Å². The lowest BCUT2D eigenvalue weighted by Crippen LogP contribution is -2.57. The predicted octanol–water partition coefficient (Wildman–Crippen LogP) is 0.631. The molecule has 2 rings (SSSR count). The summed E-state index contributed by atoms with van der Waals surface area (Å²) in [7, 11) is 1.62. The van der Waals surface area contributed by atoms with E-state index in [0.717, 1.165) is 19.4 Å². The Morgan fingerprint density at radius 1 is 1.69 bits per heavy atom. The topological polar surface area (TPSA) is 29.5 Å². The number of rotatable bonds is 2. The van der Waals surface area contributed by atoms with Crippen LogP contribution in [0.1, 0.15) is 19.3 Å². The second kappa shape index (κ2) is 2.90. The summed E-state index contributed by atoms with van der Waals surface area (Å²) in [5, 5.41) is 9.38. The van der Waals surface area contributed by atoms with Crippen molar-refractivity contribution < 1.29 is 19.0 Å². The van der Waals surface area contributed by atoms with Crippen molar-refractivity contribution in [2.24, 2.45) is 0 Å². The first-order chi connectivity index (χ1) is 6.18. The van der Waals surface area contributed by atoms with E-state index in [1.807, 2.05) is 0 Å². The SMILES string of the molecule is CO[N+]12CCCC1(CO)CC(F)C2. The van der Waals surface area contributed by atoms with Crippen molar-refractivity contribution in [1.29, 1.82) is 0 Å². The second-order valence-electron chi connectivity index (χ2n) is 4.27. The van der Waals surface area contributed by atoms with Crippen LogP contribution in [0.5, 0.6) is 0 Å². The van der Waals surface area contributed by atoms with E-state index < -0.39 is 6.17 Å². The van der Waals surface area contributed by atoms with Crippen LogP contribution in [0.4, 0.5) is 4.39 Å². The molecule has 2 heterocycles. The normalized spacial score (nSPS) is 49.6. The number of quaternary nitrogens is 1. The molecule has 2 saturated heterocycles. The highest BCUT2D eigenvalue weighted by Gasteiger charge is 2.63. The minimum absolute atomic E-state index is 0.0429. The molecule has 0 saturated carbocycles. The Morgan fingerprint density at radius 2 is 2.46 bits per heavy atom. The number of aliphatic hydroxyl groups is 1. The highest BCUT2D eigenvalue weighted by atomic mass is 19.1. The van der Waals surface area contributed by atoms with E-state index in [1.54, 1.807) is 7.11 Å². The van der Waals surface area contributed by atoms with Crippen molar-refractivity contribution in [2.45, 2.75) is 31.0 Å². The number of fused-ring (bicyclic) bond motifs is 1. The van der Waals surface area contributed by atoms with Gasteiger partial charge in [0, 0.05) is 19.3 Å². The van der Waals surface area contributed by atoms with Crippen LogP contribution in [0.3, 0.4) is 0 Å².